The summed E-state index contributed by atoms with van der Waals surface area (Å²) in [5.74, 6) is -2.06. The number of sulfonamides is 1. The molecule has 0 aliphatic carbocycles. The molecule has 1 aromatic heterocycles. The van der Waals surface area contributed by atoms with E-state index in [4.69, 9.17) is 0 Å². The van der Waals surface area contributed by atoms with E-state index in [9.17, 15) is 35.6 Å². The summed E-state index contributed by atoms with van der Waals surface area (Å²) < 4.78 is 81.2. The minimum Gasteiger partial charge on any atom is -0.345 e. The molecule has 4 aromatic rings. The van der Waals surface area contributed by atoms with Gasteiger partial charge in [0.25, 0.3) is 5.91 Å². The van der Waals surface area contributed by atoms with Gasteiger partial charge in [-0.1, -0.05) is 30.0 Å². The molecule has 1 heterocycles. The largest absolute Gasteiger partial charge is 0.416 e. The molecule has 0 saturated heterocycles. The number of aromatic nitrogens is 3. The molecule has 0 saturated carbocycles. The number of thioether (sulfide) groups is 1. The molecule has 226 valence electrons. The number of hydrogen-bond donors (Lipinski definition) is 2. The number of hydrogen-bond acceptors (Lipinski definition) is 7. The van der Waals surface area contributed by atoms with Crippen LogP contribution in [0.1, 0.15) is 21.7 Å². The summed E-state index contributed by atoms with van der Waals surface area (Å²) in [4.78, 5) is 25.3. The van der Waals surface area contributed by atoms with Crippen LogP contribution in [0.4, 0.5) is 23.2 Å². The monoisotopic (exact) mass is 636 g/mol. The maximum Gasteiger partial charge on any atom is 0.416 e. The summed E-state index contributed by atoms with van der Waals surface area (Å²) >= 11 is 0.846. The Morgan fingerprint density at radius 2 is 1.67 bits per heavy atom. The van der Waals surface area contributed by atoms with Gasteiger partial charge in [0.1, 0.15) is 5.82 Å². The quantitative estimate of drug-likeness (QED) is 0.196. The summed E-state index contributed by atoms with van der Waals surface area (Å²) in [6.45, 7) is -0.276. The summed E-state index contributed by atoms with van der Waals surface area (Å²) in [5, 5.41) is 13.1. The molecule has 0 spiro atoms. The Labute approximate surface area is 248 Å². The highest BCUT2D eigenvalue weighted by molar-refractivity contribution is 7.99. The maximum absolute atomic E-state index is 13.9. The minimum atomic E-state index is -4.64. The van der Waals surface area contributed by atoms with Crippen molar-refractivity contribution in [3.8, 4) is 5.69 Å². The summed E-state index contributed by atoms with van der Waals surface area (Å²) in [5.41, 5.74) is -0.820. The van der Waals surface area contributed by atoms with E-state index in [1.165, 1.54) is 79.3 Å². The number of benzene rings is 3. The van der Waals surface area contributed by atoms with Crippen LogP contribution in [0.15, 0.2) is 82.8 Å². The summed E-state index contributed by atoms with van der Waals surface area (Å²) in [6, 6.07) is 15.1. The van der Waals surface area contributed by atoms with Crippen LogP contribution in [0.25, 0.3) is 5.69 Å². The van der Waals surface area contributed by atoms with E-state index in [0.29, 0.717) is 0 Å². The highest BCUT2D eigenvalue weighted by Crippen LogP contribution is 2.32. The zero-order chi connectivity index (χ0) is 31.4. The molecule has 0 radical (unpaired) electrons. The van der Waals surface area contributed by atoms with Gasteiger partial charge in [0.15, 0.2) is 11.0 Å². The van der Waals surface area contributed by atoms with E-state index in [1.54, 1.807) is 0 Å². The molecular formula is C27H24F4N6O4S2. The van der Waals surface area contributed by atoms with E-state index in [-0.39, 0.29) is 45.1 Å². The molecule has 2 N–H and O–H groups in total. The van der Waals surface area contributed by atoms with Crippen LogP contribution in [-0.2, 0) is 27.5 Å². The van der Waals surface area contributed by atoms with Crippen molar-refractivity contribution >= 4 is 39.3 Å². The SMILES string of the molecule is CN(C)S(=O)(=O)c1ccc(C(=O)NCc2nnc(SCC(=O)Nc3ccccc3F)n2-c2cccc(C(F)(F)F)c2)cc1. The van der Waals surface area contributed by atoms with Crippen molar-refractivity contribution in [3.05, 3.63) is 95.6 Å². The molecule has 3 aromatic carbocycles. The highest BCUT2D eigenvalue weighted by Gasteiger charge is 2.31. The molecule has 0 bridgehead atoms. The third-order valence-electron chi connectivity index (χ3n) is 5.91. The zero-order valence-electron chi connectivity index (χ0n) is 22.6. The second-order valence-corrected chi connectivity index (χ2v) is 12.2. The smallest absolute Gasteiger partial charge is 0.345 e. The lowest BCUT2D eigenvalue weighted by Crippen LogP contribution is -2.25. The van der Waals surface area contributed by atoms with Crippen LogP contribution >= 0.6 is 11.8 Å². The average molecular weight is 637 g/mol. The topological polar surface area (TPSA) is 126 Å². The lowest BCUT2D eigenvalue weighted by atomic mass is 10.2. The number of nitrogens with zero attached hydrogens (tertiary/aromatic N) is 4. The molecule has 16 heteroatoms. The van der Waals surface area contributed by atoms with Crippen LogP contribution in [0.5, 0.6) is 0 Å². The Morgan fingerprint density at radius 3 is 2.33 bits per heavy atom. The lowest BCUT2D eigenvalue weighted by Gasteiger charge is -2.14. The normalized spacial score (nSPS) is 11.9. The van der Waals surface area contributed by atoms with Crippen molar-refractivity contribution < 1.29 is 35.6 Å². The van der Waals surface area contributed by atoms with Crippen LogP contribution in [0.3, 0.4) is 0 Å². The fourth-order valence-corrected chi connectivity index (χ4v) is 5.39. The van der Waals surface area contributed by atoms with Crippen molar-refractivity contribution in [2.24, 2.45) is 0 Å². The number of para-hydroxylation sites is 1. The molecule has 0 aliphatic heterocycles. The van der Waals surface area contributed by atoms with Gasteiger partial charge in [0.05, 0.1) is 34.1 Å². The first-order valence-electron chi connectivity index (χ1n) is 12.4. The van der Waals surface area contributed by atoms with Crippen LogP contribution in [-0.4, -0.2) is 59.2 Å². The summed E-state index contributed by atoms with van der Waals surface area (Å²) in [7, 11) is -0.956. The van der Waals surface area contributed by atoms with E-state index in [2.05, 4.69) is 20.8 Å². The molecule has 0 fully saturated rings. The van der Waals surface area contributed by atoms with Crippen molar-refractivity contribution in [2.45, 2.75) is 22.8 Å². The van der Waals surface area contributed by atoms with E-state index >= 15 is 0 Å². The molecular weight excluding hydrogens is 612 g/mol. The van der Waals surface area contributed by atoms with Gasteiger partial charge in [-0.05, 0) is 54.6 Å². The number of rotatable bonds is 10. The average Bonchev–Trinajstić information content (AvgIpc) is 3.38. The Hall–Kier alpha value is -4.28. The van der Waals surface area contributed by atoms with Gasteiger partial charge < -0.3 is 10.6 Å². The Morgan fingerprint density at radius 1 is 0.977 bits per heavy atom. The van der Waals surface area contributed by atoms with Gasteiger partial charge >= 0.3 is 6.18 Å². The zero-order valence-corrected chi connectivity index (χ0v) is 24.2. The van der Waals surface area contributed by atoms with Gasteiger partial charge in [-0.3, -0.25) is 14.2 Å². The number of amides is 2. The molecule has 4 rings (SSSR count). The fourth-order valence-electron chi connectivity index (χ4n) is 3.72. The number of carbonyl (C=O) groups is 2. The second kappa shape index (κ2) is 12.9. The lowest BCUT2D eigenvalue weighted by molar-refractivity contribution is -0.137. The van der Waals surface area contributed by atoms with Gasteiger partial charge in [-0.2, -0.15) is 13.2 Å². The van der Waals surface area contributed by atoms with Crippen LogP contribution < -0.4 is 10.6 Å². The maximum atomic E-state index is 13.9. The van der Waals surface area contributed by atoms with Crippen molar-refractivity contribution in [2.75, 3.05) is 25.2 Å². The van der Waals surface area contributed by atoms with Gasteiger partial charge in [0.2, 0.25) is 15.9 Å². The third-order valence-corrected chi connectivity index (χ3v) is 8.67. The molecule has 2 amide bonds. The van der Waals surface area contributed by atoms with Gasteiger partial charge in [0, 0.05) is 19.7 Å². The first-order valence-corrected chi connectivity index (χ1v) is 14.8. The van der Waals surface area contributed by atoms with E-state index in [1.807, 2.05) is 0 Å². The highest BCUT2D eigenvalue weighted by atomic mass is 32.2. The van der Waals surface area contributed by atoms with Crippen LogP contribution in [0, 0.1) is 5.82 Å². The number of halogens is 4. The second-order valence-electron chi connectivity index (χ2n) is 9.09. The van der Waals surface area contributed by atoms with Crippen LogP contribution in [0.2, 0.25) is 0 Å². The summed E-state index contributed by atoms with van der Waals surface area (Å²) in [6.07, 6.45) is -4.64. The Balaban J connectivity index is 1.56. The minimum absolute atomic E-state index is 0.0148. The molecule has 43 heavy (non-hydrogen) atoms. The van der Waals surface area contributed by atoms with Gasteiger partial charge in [-0.25, -0.2) is 17.1 Å². The molecule has 0 unspecified atom stereocenters. The van der Waals surface area contributed by atoms with Gasteiger partial charge in [-0.15, -0.1) is 10.2 Å². The number of alkyl halides is 3. The van der Waals surface area contributed by atoms with Crippen molar-refractivity contribution in [3.63, 3.8) is 0 Å². The van der Waals surface area contributed by atoms with Crippen molar-refractivity contribution in [1.29, 1.82) is 0 Å². The Kier molecular flexibility index (Phi) is 9.52. The molecule has 10 nitrogen and oxygen atoms in total. The standard InChI is InChI=1S/C27H24F4N6O4S2/c1-36(2)43(40,41)20-12-10-17(11-13-20)25(39)32-15-23-34-35-26(37(23)19-7-5-6-18(14-19)27(29,30)31)42-16-24(38)33-22-9-4-3-8-21(22)28/h3-14H,15-16H2,1-2H3,(H,32,39)(H,33,38). The Bertz CT molecular complexity index is 1740. The third kappa shape index (κ3) is 7.57. The predicted molar refractivity (Wildman–Crippen MR) is 151 cm³/mol. The number of nitrogens with one attached hydrogen (secondary N) is 2. The number of carbonyl (C=O) groups excluding carboxylic acids is 2. The predicted octanol–water partition coefficient (Wildman–Crippen LogP) is 4.34. The van der Waals surface area contributed by atoms with Crippen molar-refractivity contribution in [1.82, 2.24) is 24.4 Å². The van der Waals surface area contributed by atoms with E-state index < -0.39 is 39.4 Å². The first-order chi connectivity index (χ1) is 20.3. The number of anilines is 1. The van der Waals surface area contributed by atoms with E-state index in [0.717, 1.165) is 28.2 Å². The first kappa shape index (κ1) is 31.7. The molecule has 0 atom stereocenters. The molecule has 0 aliphatic rings. The fraction of sp³-hybridized carbons (Fsp3) is 0.185.